The number of hydrogen-bond acceptors (Lipinski definition) is 6. The standard InChI is InChI=1S/2C7H8O2S2.B2.3ClH.3K.2Mg.6H2O/c2*1-6-2-4-7(5-3-6)11(8,9)10;1-2;;;;;;;;;;;;;;/h2*2-5H,1H3,(H,8,9,10);;3*1H;;;;;;6*1H2/q;;;;;;3*+1;2*+2;;;;;;/p-5. The molecule has 4 radical (unpaired) electrons. The summed E-state index contributed by atoms with van der Waals surface area (Å²) in [6.45, 7) is 3.78. The van der Waals surface area contributed by atoms with Crippen LogP contribution in [0.2, 0.25) is 0 Å². The molecule has 2 aromatic rings. The second-order valence-corrected chi connectivity index (χ2v) is 9.93. The summed E-state index contributed by atoms with van der Waals surface area (Å²) < 4.78 is 43.0. The van der Waals surface area contributed by atoms with Gasteiger partial charge in [0.2, 0.25) is 0 Å². The fraction of sp³-hybridized carbons (Fsp3) is 0.143. The van der Waals surface area contributed by atoms with Crippen LogP contribution in [-0.4, -0.2) is 112 Å². The summed E-state index contributed by atoms with van der Waals surface area (Å²) in [5.74, 6) is 0. The molecule has 0 amide bonds. The number of rotatable bonds is 2. The van der Waals surface area contributed by atoms with Crippen LogP contribution in [-0.2, 0) is 39.9 Å². The molecule has 2 rings (SSSR count). The molecule has 0 saturated carbocycles. The molecule has 0 aliphatic heterocycles. The molecule has 0 heterocycles. The largest absolute Gasteiger partial charge is 2.00 e. The maximum absolute atomic E-state index is 10.8. The third kappa shape index (κ3) is 49.2. The monoisotopic (exact) mass is 774 g/mol. The number of hydrogen-bond donors (Lipinski definition) is 0. The predicted octanol–water partition coefficient (Wildman–Crippen LogP) is -22.0. The van der Waals surface area contributed by atoms with E-state index in [0.717, 1.165) is 11.1 Å². The summed E-state index contributed by atoms with van der Waals surface area (Å²) in [5.41, 5.74) is 2.04. The first-order valence-corrected chi connectivity index (χ1v) is 11.2. The maximum Gasteiger partial charge on any atom is 2.00 e. The van der Waals surface area contributed by atoms with Crippen molar-refractivity contribution in [3.63, 3.8) is 0 Å². The third-order valence-corrected chi connectivity index (χ3v) is 5.47. The van der Waals surface area contributed by atoms with E-state index in [1.807, 2.05) is 13.8 Å². The fourth-order valence-corrected chi connectivity index (χ4v) is 3.02. The Morgan fingerprint density at radius 3 is 0.789 bits per heavy atom. The Hall–Kier alpha value is 6.30. The molecule has 0 aliphatic carbocycles. The van der Waals surface area contributed by atoms with Crippen LogP contribution >= 0.6 is 0 Å². The second-order valence-electron chi connectivity index (χ2n) is 4.53. The molecular weight excluding hydrogens is 750 g/mol. The van der Waals surface area contributed by atoms with Crippen LogP contribution in [0, 0.1) is 13.8 Å². The Morgan fingerprint density at radius 2 is 0.684 bits per heavy atom. The first-order chi connectivity index (χ1) is 11.0. The molecule has 12 N–H and O–H groups in total. The normalized spacial score (nSPS) is 9.26. The van der Waals surface area contributed by atoms with Gasteiger partial charge in [-0.3, -0.25) is 8.42 Å². The van der Waals surface area contributed by atoms with Gasteiger partial charge in [-0.15, -0.1) is 0 Å². The van der Waals surface area contributed by atoms with E-state index >= 15 is 0 Å². The van der Waals surface area contributed by atoms with Gasteiger partial charge in [0, 0.05) is 25.3 Å². The van der Waals surface area contributed by atoms with Gasteiger partial charge in [0.1, 0.15) is 0 Å². The van der Waals surface area contributed by atoms with E-state index in [4.69, 9.17) is 0 Å². The van der Waals surface area contributed by atoms with Crippen molar-refractivity contribution in [2.75, 3.05) is 0 Å². The van der Waals surface area contributed by atoms with Crippen LogP contribution in [0.5, 0.6) is 0 Å². The van der Waals surface area contributed by atoms with E-state index in [-0.39, 0.29) is 280 Å². The summed E-state index contributed by atoms with van der Waals surface area (Å²) in [6.07, 6.45) is 0. The van der Waals surface area contributed by atoms with E-state index in [2.05, 4.69) is 37.9 Å². The van der Waals surface area contributed by atoms with Crippen LogP contribution in [0.1, 0.15) is 11.1 Å². The molecule has 2 atom stereocenters. The molecule has 2 unspecified atom stereocenters. The molecule has 38 heavy (non-hydrogen) atoms. The average Bonchev–Trinajstić information content (AvgIpc) is 2.49. The second kappa shape index (κ2) is 52.8. The Morgan fingerprint density at radius 1 is 0.553 bits per heavy atom. The van der Waals surface area contributed by atoms with Crippen molar-refractivity contribution in [3.05, 3.63) is 59.7 Å². The van der Waals surface area contributed by atoms with Crippen LogP contribution in [0.15, 0.2) is 58.3 Å². The minimum Gasteiger partial charge on any atom is -1.00 e. The van der Waals surface area contributed by atoms with Crippen molar-refractivity contribution >= 4 is 102 Å². The average molecular weight is 777 g/mol. The quantitative estimate of drug-likeness (QED) is 0.267. The van der Waals surface area contributed by atoms with Gasteiger partial charge in [-0.05, 0) is 78.0 Å². The van der Waals surface area contributed by atoms with Gasteiger partial charge in [0.15, 0.2) is 0 Å². The summed E-state index contributed by atoms with van der Waals surface area (Å²) in [7, 11) is 1.13. The van der Waals surface area contributed by atoms with Crippen molar-refractivity contribution in [1.29, 1.82) is 0 Å². The first kappa shape index (κ1) is 96.7. The topological polar surface area (TPSA) is 269 Å². The number of aryl methyl sites for hydroxylation is 2. The van der Waals surface area contributed by atoms with Gasteiger partial charge in [-0.2, -0.15) is 0 Å². The molecule has 2 aromatic carbocycles. The van der Waals surface area contributed by atoms with Crippen LogP contribution in [0.3, 0.4) is 0 Å². The van der Waals surface area contributed by atoms with Gasteiger partial charge < -0.3 is 79.2 Å². The van der Waals surface area contributed by atoms with Crippen molar-refractivity contribution in [3.8, 4) is 0 Å². The SMILES string of the molecule is Cc1ccc(S(=O)([O-])=S)cc1.Cc1ccc(S(=O)([O-])=S)cc1.O.O.O.O.O.O.[B][B].[Cl-].[Cl-].[Cl-].[K+].[K+].[K+].[Mg+2].[Mg+2]. The van der Waals surface area contributed by atoms with Gasteiger partial charge in [-0.25, -0.2) is 0 Å². The van der Waals surface area contributed by atoms with Crippen LogP contribution < -0.4 is 191 Å². The molecule has 24 heteroatoms. The van der Waals surface area contributed by atoms with E-state index in [1.54, 1.807) is 24.3 Å². The van der Waals surface area contributed by atoms with E-state index in [0.29, 0.717) is 0 Å². The summed E-state index contributed by atoms with van der Waals surface area (Å²) >= 11 is 8.53. The number of benzene rings is 2. The van der Waals surface area contributed by atoms with Crippen molar-refractivity contribution in [1.82, 2.24) is 0 Å². The minimum atomic E-state index is -3.44. The summed E-state index contributed by atoms with van der Waals surface area (Å²) in [6, 6.07) is 12.9. The van der Waals surface area contributed by atoms with Gasteiger partial charge >= 0.3 is 200 Å². The predicted molar refractivity (Wildman–Crippen MR) is 136 cm³/mol. The van der Waals surface area contributed by atoms with E-state index in [1.165, 1.54) is 24.3 Å². The van der Waals surface area contributed by atoms with E-state index in [9.17, 15) is 17.5 Å². The summed E-state index contributed by atoms with van der Waals surface area (Å²) in [5, 5.41) is 0. The molecule has 0 aliphatic rings. The molecule has 0 spiro atoms. The van der Waals surface area contributed by atoms with Crippen LogP contribution in [0.25, 0.3) is 0 Å². The molecule has 0 fully saturated rings. The number of halogens is 3. The Bertz CT molecular complexity index is 811. The van der Waals surface area contributed by atoms with Crippen molar-refractivity contribution < 1.29 is 242 Å². The van der Waals surface area contributed by atoms with Gasteiger partial charge in [0.25, 0.3) is 0 Å². The smallest absolute Gasteiger partial charge is 1.00 e. The third-order valence-electron chi connectivity index (χ3n) is 2.62. The zero-order valence-electron chi connectivity index (χ0n) is 21.6. The van der Waals surface area contributed by atoms with Crippen LogP contribution in [0.4, 0.5) is 0 Å². The Balaban J connectivity index is -0.0000000149. The van der Waals surface area contributed by atoms with Gasteiger partial charge in [0.05, 0.1) is 0 Å². The zero-order valence-corrected chi connectivity index (χ0v) is 39.3. The Labute approximate surface area is 416 Å². The van der Waals surface area contributed by atoms with Crippen molar-refractivity contribution in [2.24, 2.45) is 0 Å². The Kier molecular flexibility index (Phi) is 134. The van der Waals surface area contributed by atoms with Crippen molar-refractivity contribution in [2.45, 2.75) is 23.6 Å². The zero-order chi connectivity index (χ0) is 19.0. The van der Waals surface area contributed by atoms with E-state index < -0.39 is 17.5 Å². The molecule has 10 nitrogen and oxygen atoms in total. The molecular formula is C14H26B2Cl3K3Mg2O10S4+2. The maximum atomic E-state index is 10.8. The minimum absolute atomic E-state index is 0. The summed E-state index contributed by atoms with van der Waals surface area (Å²) in [4.78, 5) is 0.385. The molecule has 198 valence electrons. The molecule has 0 saturated heterocycles. The molecule has 0 bridgehead atoms. The first-order valence-electron chi connectivity index (χ1n) is 6.38. The molecule has 0 aromatic heterocycles. The fourth-order valence-electron chi connectivity index (χ4n) is 1.41. The van der Waals surface area contributed by atoms with Gasteiger partial charge in [-0.1, -0.05) is 35.4 Å².